The summed E-state index contributed by atoms with van der Waals surface area (Å²) in [6, 6.07) is 5.30. The number of ether oxygens (including phenoxy) is 1. The van der Waals surface area contributed by atoms with Crippen molar-refractivity contribution in [2.45, 2.75) is 12.6 Å². The second-order valence-electron chi connectivity index (χ2n) is 4.94. The molecule has 0 unspecified atom stereocenters. The second kappa shape index (κ2) is 5.76. The van der Waals surface area contributed by atoms with Crippen LogP contribution in [0, 0.1) is 12.3 Å². The Bertz CT molecular complexity index is 819. The van der Waals surface area contributed by atoms with E-state index in [9.17, 15) is 13.2 Å². The van der Waals surface area contributed by atoms with Gasteiger partial charge >= 0.3 is 6.18 Å². The van der Waals surface area contributed by atoms with E-state index in [0.29, 0.717) is 29.1 Å². The van der Waals surface area contributed by atoms with Crippen LogP contribution in [-0.2, 0) is 12.6 Å². The van der Waals surface area contributed by atoms with E-state index in [4.69, 9.17) is 11.2 Å². The SMILES string of the molecule is C#CCOc1cnccc1C1=Nc2cc(C(F)(F)F)ccc2C1. The minimum Gasteiger partial charge on any atom is -0.479 e. The van der Waals surface area contributed by atoms with Gasteiger partial charge in [-0.25, -0.2) is 0 Å². The van der Waals surface area contributed by atoms with Gasteiger partial charge in [-0.15, -0.1) is 6.42 Å². The summed E-state index contributed by atoms with van der Waals surface area (Å²) in [4.78, 5) is 8.29. The molecule has 1 aliphatic rings. The highest BCUT2D eigenvalue weighted by molar-refractivity contribution is 6.08. The fourth-order valence-electron chi connectivity index (χ4n) is 2.37. The van der Waals surface area contributed by atoms with Crippen molar-refractivity contribution in [3.05, 3.63) is 53.3 Å². The zero-order valence-corrected chi connectivity index (χ0v) is 11.9. The predicted octanol–water partition coefficient (Wildman–Crippen LogP) is 3.79. The molecule has 0 spiro atoms. The minimum absolute atomic E-state index is 0.0805. The van der Waals surface area contributed by atoms with Gasteiger partial charge in [-0.3, -0.25) is 9.98 Å². The normalized spacial score (nSPS) is 13.2. The molecule has 1 aliphatic heterocycles. The van der Waals surface area contributed by atoms with Crippen molar-refractivity contribution in [1.29, 1.82) is 0 Å². The highest BCUT2D eigenvalue weighted by Crippen LogP contribution is 2.37. The van der Waals surface area contributed by atoms with Gasteiger partial charge < -0.3 is 4.74 Å². The number of nitrogens with zero attached hydrogens (tertiary/aromatic N) is 2. The molecule has 0 atom stereocenters. The molecule has 2 aromatic rings. The molecule has 2 heterocycles. The lowest BCUT2D eigenvalue weighted by Gasteiger charge is -2.08. The molecule has 0 radical (unpaired) electrons. The number of aliphatic imine (C=N–C) groups is 1. The van der Waals surface area contributed by atoms with Crippen LogP contribution < -0.4 is 4.74 Å². The molecule has 0 amide bonds. The van der Waals surface area contributed by atoms with Gasteiger partial charge in [0.25, 0.3) is 0 Å². The van der Waals surface area contributed by atoms with Crippen LogP contribution >= 0.6 is 0 Å². The van der Waals surface area contributed by atoms with Gasteiger partial charge in [-0.05, 0) is 23.8 Å². The number of hydrogen-bond donors (Lipinski definition) is 0. The monoisotopic (exact) mass is 316 g/mol. The molecule has 0 saturated carbocycles. The standard InChI is InChI=1S/C17H11F3N2O/c1-2-7-23-16-10-21-6-5-13(16)15-8-11-3-4-12(17(18,19)20)9-14(11)22-15/h1,3-6,9-10H,7-8H2. The molecule has 0 N–H and O–H groups in total. The van der Waals surface area contributed by atoms with E-state index in [0.717, 1.165) is 17.7 Å². The molecule has 0 aliphatic carbocycles. The van der Waals surface area contributed by atoms with Gasteiger partial charge in [-0.2, -0.15) is 13.2 Å². The van der Waals surface area contributed by atoms with E-state index in [1.165, 1.54) is 12.3 Å². The first kappa shape index (κ1) is 15.1. The third-order valence-corrected chi connectivity index (χ3v) is 3.43. The maximum Gasteiger partial charge on any atom is 0.416 e. The smallest absolute Gasteiger partial charge is 0.416 e. The topological polar surface area (TPSA) is 34.5 Å². The van der Waals surface area contributed by atoms with Gasteiger partial charge in [0.05, 0.1) is 23.2 Å². The van der Waals surface area contributed by atoms with Crippen LogP contribution in [0.4, 0.5) is 18.9 Å². The summed E-state index contributed by atoms with van der Waals surface area (Å²) in [5.41, 5.74) is 1.68. The van der Waals surface area contributed by atoms with Crippen LogP contribution in [0.5, 0.6) is 5.75 Å². The zero-order chi connectivity index (χ0) is 16.4. The Morgan fingerprint density at radius 2 is 2.09 bits per heavy atom. The summed E-state index contributed by atoms with van der Waals surface area (Å²) in [6.07, 6.45) is 4.31. The van der Waals surface area contributed by atoms with E-state index in [2.05, 4.69) is 15.9 Å². The molecule has 6 heteroatoms. The van der Waals surface area contributed by atoms with E-state index < -0.39 is 11.7 Å². The quantitative estimate of drug-likeness (QED) is 0.808. The van der Waals surface area contributed by atoms with Gasteiger partial charge in [0, 0.05) is 18.2 Å². The number of hydrogen-bond acceptors (Lipinski definition) is 3. The third kappa shape index (κ3) is 3.04. The van der Waals surface area contributed by atoms with Crippen molar-refractivity contribution in [3.63, 3.8) is 0 Å². The number of halogens is 3. The lowest BCUT2D eigenvalue weighted by molar-refractivity contribution is -0.137. The maximum absolute atomic E-state index is 12.8. The lowest BCUT2D eigenvalue weighted by atomic mass is 10.0. The molecule has 1 aromatic carbocycles. The van der Waals surface area contributed by atoms with E-state index in [1.54, 1.807) is 12.3 Å². The fraction of sp³-hybridized carbons (Fsp3) is 0.176. The summed E-state index contributed by atoms with van der Waals surface area (Å²) < 4.78 is 43.8. The number of rotatable bonds is 3. The van der Waals surface area contributed by atoms with E-state index in [-0.39, 0.29) is 6.61 Å². The van der Waals surface area contributed by atoms with Crippen molar-refractivity contribution in [3.8, 4) is 18.1 Å². The van der Waals surface area contributed by atoms with Gasteiger partial charge in [-0.1, -0.05) is 12.0 Å². The summed E-state index contributed by atoms with van der Waals surface area (Å²) in [6.45, 7) is 0.0805. The Kier molecular flexibility index (Phi) is 3.78. The first-order chi connectivity index (χ1) is 11.0. The third-order valence-electron chi connectivity index (χ3n) is 3.43. The summed E-state index contributed by atoms with van der Waals surface area (Å²) in [7, 11) is 0. The van der Waals surface area contributed by atoms with Crippen molar-refractivity contribution in [1.82, 2.24) is 4.98 Å². The lowest BCUT2D eigenvalue weighted by Crippen LogP contribution is -2.06. The number of pyridine rings is 1. The Labute approximate surface area is 130 Å². The second-order valence-corrected chi connectivity index (χ2v) is 4.94. The average Bonchev–Trinajstić information content (AvgIpc) is 2.95. The zero-order valence-electron chi connectivity index (χ0n) is 11.9. The Balaban J connectivity index is 1.96. The molecular weight excluding hydrogens is 305 g/mol. The van der Waals surface area contributed by atoms with Crippen molar-refractivity contribution >= 4 is 11.4 Å². The fourth-order valence-corrected chi connectivity index (χ4v) is 2.37. The van der Waals surface area contributed by atoms with Crippen LogP contribution in [0.3, 0.4) is 0 Å². The Morgan fingerprint density at radius 3 is 2.83 bits per heavy atom. The molecule has 0 bridgehead atoms. The van der Waals surface area contributed by atoms with Crippen LogP contribution in [0.25, 0.3) is 0 Å². The molecule has 3 nitrogen and oxygen atoms in total. The van der Waals surface area contributed by atoms with E-state index >= 15 is 0 Å². The molecular formula is C17H11F3N2O. The average molecular weight is 316 g/mol. The molecule has 23 heavy (non-hydrogen) atoms. The summed E-state index contributed by atoms with van der Waals surface area (Å²) in [5, 5.41) is 0. The number of aromatic nitrogens is 1. The largest absolute Gasteiger partial charge is 0.479 e. The number of alkyl halides is 3. The van der Waals surface area contributed by atoms with Crippen molar-refractivity contribution < 1.29 is 17.9 Å². The Hall–Kier alpha value is -2.81. The first-order valence-corrected chi connectivity index (χ1v) is 6.77. The molecule has 116 valence electrons. The van der Waals surface area contributed by atoms with Crippen molar-refractivity contribution in [2.24, 2.45) is 4.99 Å². The van der Waals surface area contributed by atoms with Gasteiger partial charge in [0.1, 0.15) is 12.4 Å². The molecule has 0 saturated heterocycles. The van der Waals surface area contributed by atoms with Crippen LogP contribution in [0.15, 0.2) is 41.7 Å². The van der Waals surface area contributed by atoms with Crippen LogP contribution in [-0.4, -0.2) is 17.3 Å². The highest BCUT2D eigenvalue weighted by atomic mass is 19.4. The van der Waals surface area contributed by atoms with Crippen LogP contribution in [0.1, 0.15) is 16.7 Å². The Morgan fingerprint density at radius 1 is 1.26 bits per heavy atom. The minimum atomic E-state index is -4.38. The molecule has 3 rings (SSSR count). The molecule has 1 aromatic heterocycles. The number of fused-ring (bicyclic) bond motifs is 1. The van der Waals surface area contributed by atoms with Crippen molar-refractivity contribution in [2.75, 3.05) is 6.61 Å². The number of terminal acetylenes is 1. The highest BCUT2D eigenvalue weighted by Gasteiger charge is 2.32. The first-order valence-electron chi connectivity index (χ1n) is 6.77. The predicted molar refractivity (Wildman–Crippen MR) is 79.9 cm³/mol. The van der Waals surface area contributed by atoms with Gasteiger partial charge in [0.2, 0.25) is 0 Å². The molecule has 0 fully saturated rings. The summed E-state index contributed by atoms with van der Waals surface area (Å²) >= 11 is 0. The number of benzene rings is 1. The maximum atomic E-state index is 12.8. The van der Waals surface area contributed by atoms with Gasteiger partial charge in [0.15, 0.2) is 0 Å². The van der Waals surface area contributed by atoms with E-state index in [1.807, 2.05) is 0 Å². The van der Waals surface area contributed by atoms with Crippen LogP contribution in [0.2, 0.25) is 0 Å². The summed E-state index contributed by atoms with van der Waals surface area (Å²) in [5.74, 6) is 2.83.